The molecule has 1 aliphatic rings. The number of hydrogen-bond acceptors (Lipinski definition) is 4. The maximum Gasteiger partial charge on any atom is 0.408 e. The second-order valence-electron chi connectivity index (χ2n) is 8.44. The Balaban J connectivity index is 1.41. The first-order valence-electron chi connectivity index (χ1n) is 10.9. The lowest BCUT2D eigenvalue weighted by atomic mass is 9.93. The molecule has 170 valence electrons. The first kappa shape index (κ1) is 22.4. The SMILES string of the molecule is COc1ccc(CCC(C)(NC(=O)OCC2c3ccccc3-c3ccccc32)C(=O)O)cc1. The van der Waals surface area contributed by atoms with E-state index in [0.29, 0.717) is 6.42 Å². The number of ether oxygens (including phenoxy) is 2. The maximum absolute atomic E-state index is 12.6. The van der Waals surface area contributed by atoms with E-state index in [2.05, 4.69) is 17.4 Å². The van der Waals surface area contributed by atoms with E-state index in [1.54, 1.807) is 7.11 Å². The molecule has 0 aromatic heterocycles. The largest absolute Gasteiger partial charge is 0.497 e. The summed E-state index contributed by atoms with van der Waals surface area (Å²) in [5.41, 5.74) is 3.98. The van der Waals surface area contributed by atoms with Crippen LogP contribution in [0.2, 0.25) is 0 Å². The minimum atomic E-state index is -1.46. The molecule has 0 radical (unpaired) electrons. The molecule has 3 aromatic carbocycles. The Kier molecular flexibility index (Phi) is 6.36. The number of carboxylic acid groups (broad SMARTS) is 1. The fourth-order valence-corrected chi connectivity index (χ4v) is 4.27. The summed E-state index contributed by atoms with van der Waals surface area (Å²) in [6.07, 6.45) is -0.0357. The molecule has 0 saturated heterocycles. The maximum atomic E-state index is 12.6. The lowest BCUT2D eigenvalue weighted by molar-refractivity contribution is -0.144. The molecule has 4 rings (SSSR count). The molecular formula is C27H27NO5. The molecule has 0 saturated carbocycles. The Bertz CT molecular complexity index is 1110. The summed E-state index contributed by atoms with van der Waals surface area (Å²) in [5.74, 6) is -0.459. The number of methoxy groups -OCH3 is 1. The highest BCUT2D eigenvalue weighted by atomic mass is 16.5. The second kappa shape index (κ2) is 9.36. The van der Waals surface area contributed by atoms with Crippen molar-refractivity contribution in [3.8, 4) is 16.9 Å². The van der Waals surface area contributed by atoms with Crippen LogP contribution in [0.15, 0.2) is 72.8 Å². The quantitative estimate of drug-likeness (QED) is 0.509. The van der Waals surface area contributed by atoms with Crippen LogP contribution < -0.4 is 10.1 Å². The zero-order valence-electron chi connectivity index (χ0n) is 18.7. The summed E-state index contributed by atoms with van der Waals surface area (Å²) in [5, 5.41) is 12.4. The average molecular weight is 446 g/mol. The van der Waals surface area contributed by atoms with Crippen molar-refractivity contribution >= 4 is 12.1 Å². The first-order valence-corrected chi connectivity index (χ1v) is 10.9. The van der Waals surface area contributed by atoms with Crippen LogP contribution in [0.25, 0.3) is 11.1 Å². The van der Waals surface area contributed by atoms with Gasteiger partial charge in [-0.3, -0.25) is 0 Å². The van der Waals surface area contributed by atoms with Crippen LogP contribution in [0.3, 0.4) is 0 Å². The summed E-state index contributed by atoms with van der Waals surface area (Å²) in [4.78, 5) is 24.6. The third kappa shape index (κ3) is 4.70. The van der Waals surface area contributed by atoms with Crippen molar-refractivity contribution < 1.29 is 24.2 Å². The van der Waals surface area contributed by atoms with Crippen molar-refractivity contribution in [3.63, 3.8) is 0 Å². The first-order chi connectivity index (χ1) is 15.9. The molecule has 2 N–H and O–H groups in total. The Morgan fingerprint density at radius 3 is 2.06 bits per heavy atom. The standard InChI is InChI=1S/C27H27NO5/c1-27(25(29)30,16-15-18-11-13-19(32-2)14-12-18)28-26(31)33-17-24-22-9-5-3-7-20(22)21-8-4-6-10-23(21)24/h3-14,24H,15-17H2,1-2H3,(H,28,31)(H,29,30). The van der Waals surface area contributed by atoms with E-state index < -0.39 is 17.6 Å². The molecule has 1 atom stereocenters. The Hall–Kier alpha value is -3.80. The molecule has 0 aliphatic heterocycles. The predicted molar refractivity (Wildman–Crippen MR) is 126 cm³/mol. The van der Waals surface area contributed by atoms with Crippen LogP contribution in [-0.4, -0.2) is 36.4 Å². The molecule has 33 heavy (non-hydrogen) atoms. The molecule has 0 fully saturated rings. The number of nitrogens with one attached hydrogen (secondary N) is 1. The van der Waals surface area contributed by atoms with Gasteiger partial charge in [0.25, 0.3) is 0 Å². The lowest BCUT2D eigenvalue weighted by Gasteiger charge is -2.26. The molecule has 6 nitrogen and oxygen atoms in total. The van der Waals surface area contributed by atoms with Crippen molar-refractivity contribution in [1.29, 1.82) is 0 Å². The molecule has 3 aromatic rings. The minimum Gasteiger partial charge on any atom is -0.497 e. The molecule has 1 aliphatic carbocycles. The number of amides is 1. The van der Waals surface area contributed by atoms with Crippen LogP contribution >= 0.6 is 0 Å². The van der Waals surface area contributed by atoms with Crippen LogP contribution in [0.5, 0.6) is 5.75 Å². The number of carboxylic acids is 1. The topological polar surface area (TPSA) is 84.9 Å². The van der Waals surface area contributed by atoms with Gasteiger partial charge in [0.05, 0.1) is 7.11 Å². The zero-order chi connectivity index (χ0) is 23.4. The highest BCUT2D eigenvalue weighted by Gasteiger charge is 2.36. The number of carbonyl (C=O) groups is 2. The van der Waals surface area contributed by atoms with Gasteiger partial charge in [-0.2, -0.15) is 0 Å². The summed E-state index contributed by atoms with van der Waals surface area (Å²) >= 11 is 0. The lowest BCUT2D eigenvalue weighted by Crippen LogP contribution is -2.52. The average Bonchev–Trinajstić information content (AvgIpc) is 3.15. The third-order valence-corrected chi connectivity index (χ3v) is 6.27. The van der Waals surface area contributed by atoms with E-state index in [0.717, 1.165) is 33.6 Å². The van der Waals surface area contributed by atoms with E-state index in [1.807, 2.05) is 60.7 Å². The molecule has 0 spiro atoms. The van der Waals surface area contributed by atoms with Gasteiger partial charge in [0.15, 0.2) is 0 Å². The van der Waals surface area contributed by atoms with Gasteiger partial charge < -0.3 is 19.9 Å². The summed E-state index contributed by atoms with van der Waals surface area (Å²) in [6, 6.07) is 23.6. The van der Waals surface area contributed by atoms with Gasteiger partial charge in [-0.25, -0.2) is 9.59 Å². The third-order valence-electron chi connectivity index (χ3n) is 6.27. The van der Waals surface area contributed by atoms with Crippen LogP contribution in [0.1, 0.15) is 36.0 Å². The Morgan fingerprint density at radius 2 is 1.52 bits per heavy atom. The van der Waals surface area contributed by atoms with Crippen LogP contribution in [0, 0.1) is 0 Å². The molecular weight excluding hydrogens is 418 g/mol. The van der Waals surface area contributed by atoms with Gasteiger partial charge in [-0.05, 0) is 59.7 Å². The molecule has 1 unspecified atom stereocenters. The number of benzene rings is 3. The van der Waals surface area contributed by atoms with E-state index in [1.165, 1.54) is 6.92 Å². The van der Waals surface area contributed by atoms with Gasteiger partial charge in [-0.1, -0.05) is 60.7 Å². The van der Waals surface area contributed by atoms with Crippen molar-refractivity contribution in [3.05, 3.63) is 89.5 Å². The van der Waals surface area contributed by atoms with Crippen LogP contribution in [0.4, 0.5) is 4.79 Å². The van der Waals surface area contributed by atoms with Gasteiger partial charge >= 0.3 is 12.1 Å². The predicted octanol–water partition coefficient (Wildman–Crippen LogP) is 5.01. The Labute approximate surface area is 193 Å². The van der Waals surface area contributed by atoms with Crippen molar-refractivity contribution in [1.82, 2.24) is 5.32 Å². The molecule has 1 amide bonds. The number of carbonyl (C=O) groups excluding carboxylic acids is 1. The summed E-state index contributed by atoms with van der Waals surface area (Å²) < 4.78 is 10.7. The van der Waals surface area contributed by atoms with E-state index in [9.17, 15) is 14.7 Å². The second-order valence-corrected chi connectivity index (χ2v) is 8.44. The normalized spacial score (nSPS) is 14.0. The van der Waals surface area contributed by atoms with Crippen molar-refractivity contribution in [2.45, 2.75) is 31.2 Å². The van der Waals surface area contributed by atoms with Crippen LogP contribution in [-0.2, 0) is 16.0 Å². The summed E-state index contributed by atoms with van der Waals surface area (Å²) in [6.45, 7) is 1.63. The molecule has 6 heteroatoms. The van der Waals surface area contributed by atoms with E-state index in [-0.39, 0.29) is 18.9 Å². The molecule has 0 heterocycles. The van der Waals surface area contributed by atoms with Gasteiger partial charge in [0.2, 0.25) is 0 Å². The van der Waals surface area contributed by atoms with Gasteiger partial charge in [-0.15, -0.1) is 0 Å². The van der Waals surface area contributed by atoms with E-state index >= 15 is 0 Å². The highest BCUT2D eigenvalue weighted by Crippen LogP contribution is 2.44. The molecule has 0 bridgehead atoms. The Morgan fingerprint density at radius 1 is 0.939 bits per heavy atom. The minimum absolute atomic E-state index is 0.0847. The fraction of sp³-hybridized carbons (Fsp3) is 0.259. The van der Waals surface area contributed by atoms with Crippen molar-refractivity contribution in [2.24, 2.45) is 0 Å². The number of aliphatic carboxylic acids is 1. The monoisotopic (exact) mass is 445 g/mol. The van der Waals surface area contributed by atoms with Crippen molar-refractivity contribution in [2.75, 3.05) is 13.7 Å². The number of alkyl carbamates (subject to hydrolysis) is 1. The number of aryl methyl sites for hydroxylation is 1. The number of hydrogen-bond donors (Lipinski definition) is 2. The zero-order valence-corrected chi connectivity index (χ0v) is 18.7. The smallest absolute Gasteiger partial charge is 0.408 e. The van der Waals surface area contributed by atoms with Gasteiger partial charge in [0, 0.05) is 5.92 Å². The fourth-order valence-electron chi connectivity index (χ4n) is 4.27. The number of rotatable bonds is 8. The van der Waals surface area contributed by atoms with E-state index in [4.69, 9.17) is 9.47 Å². The highest BCUT2D eigenvalue weighted by molar-refractivity contribution is 5.84. The summed E-state index contributed by atoms with van der Waals surface area (Å²) in [7, 11) is 1.59. The van der Waals surface area contributed by atoms with Gasteiger partial charge in [0.1, 0.15) is 17.9 Å². The number of fused-ring (bicyclic) bond motifs is 3.